The van der Waals surface area contributed by atoms with Gasteiger partial charge in [0, 0.05) is 12.1 Å². The lowest BCUT2D eigenvalue weighted by molar-refractivity contribution is -0.118. The van der Waals surface area contributed by atoms with E-state index in [0.717, 1.165) is 34.4 Å². The minimum atomic E-state index is -0.407. The third-order valence-corrected chi connectivity index (χ3v) is 5.96. The normalized spacial score (nSPS) is 17.1. The molecule has 0 bridgehead atoms. The van der Waals surface area contributed by atoms with Gasteiger partial charge in [-0.05, 0) is 25.3 Å². The van der Waals surface area contributed by atoms with Gasteiger partial charge in [-0.3, -0.25) is 4.79 Å². The highest BCUT2D eigenvalue weighted by atomic mass is 32.1. The lowest BCUT2D eigenvalue weighted by atomic mass is 9.94. The molecule has 132 valence electrons. The second-order valence-electron chi connectivity index (χ2n) is 6.89. The number of benzene rings is 2. The van der Waals surface area contributed by atoms with E-state index in [1.807, 2.05) is 24.3 Å². The summed E-state index contributed by atoms with van der Waals surface area (Å²) in [6, 6.07) is 12.0. The molecule has 0 radical (unpaired) electrons. The molecule has 0 spiro atoms. The number of hydrogen-bond acceptors (Lipinski definition) is 5. The number of nitrogens with zero attached hydrogens (tertiary/aromatic N) is 1. The molecular formula is C20H18N2O3S. The molecule has 2 aromatic carbocycles. The van der Waals surface area contributed by atoms with Gasteiger partial charge in [0.25, 0.3) is 0 Å². The maximum atomic E-state index is 12.9. The summed E-state index contributed by atoms with van der Waals surface area (Å²) >= 11 is 1.46. The molecule has 5 rings (SSSR count). The first-order valence-electron chi connectivity index (χ1n) is 8.73. The van der Waals surface area contributed by atoms with Crippen molar-refractivity contribution in [2.24, 2.45) is 0 Å². The summed E-state index contributed by atoms with van der Waals surface area (Å²) in [4.78, 5) is 17.5. The molecule has 1 aliphatic heterocycles. The minimum absolute atomic E-state index is 0.0272. The van der Waals surface area contributed by atoms with Crippen LogP contribution in [0, 0.1) is 6.92 Å². The van der Waals surface area contributed by atoms with Gasteiger partial charge in [0.2, 0.25) is 5.91 Å². The number of thiazole rings is 1. The number of ether oxygens (including phenoxy) is 2. The van der Waals surface area contributed by atoms with E-state index in [4.69, 9.17) is 9.47 Å². The molecule has 26 heavy (non-hydrogen) atoms. The second-order valence-corrected chi connectivity index (χ2v) is 7.92. The van der Waals surface area contributed by atoms with Gasteiger partial charge in [0.05, 0.1) is 15.6 Å². The average Bonchev–Trinajstić information content (AvgIpc) is 3.36. The first kappa shape index (κ1) is 15.6. The van der Waals surface area contributed by atoms with Gasteiger partial charge in [-0.2, -0.15) is 0 Å². The van der Waals surface area contributed by atoms with Gasteiger partial charge in [0.15, 0.2) is 16.6 Å². The standard InChI is InChI=1S/C20H18N2O3S/c1-12-3-2-4-13(9-12)20(5-6-20)18(23)22-19-21-14-10-15-16(11-17(14)26-19)25-8-7-24-15/h2-4,9-11H,5-8H2,1H3,(H,21,22,23). The molecule has 6 heteroatoms. The molecule has 0 saturated heterocycles. The Hall–Kier alpha value is -2.60. The number of hydrogen-bond donors (Lipinski definition) is 1. The van der Waals surface area contributed by atoms with Crippen molar-refractivity contribution in [3.05, 3.63) is 47.5 Å². The topological polar surface area (TPSA) is 60.5 Å². The van der Waals surface area contributed by atoms with Crippen molar-refractivity contribution in [1.82, 2.24) is 4.98 Å². The zero-order valence-corrected chi connectivity index (χ0v) is 15.2. The van der Waals surface area contributed by atoms with E-state index in [1.165, 1.54) is 16.9 Å². The number of rotatable bonds is 3. The van der Waals surface area contributed by atoms with Crippen LogP contribution in [0.1, 0.15) is 24.0 Å². The summed E-state index contributed by atoms with van der Waals surface area (Å²) < 4.78 is 12.2. The van der Waals surface area contributed by atoms with Crippen LogP contribution in [-0.4, -0.2) is 24.1 Å². The molecule has 1 amide bonds. The summed E-state index contributed by atoms with van der Waals surface area (Å²) in [7, 11) is 0. The van der Waals surface area contributed by atoms with Crippen LogP contribution in [0.5, 0.6) is 11.5 Å². The van der Waals surface area contributed by atoms with E-state index in [9.17, 15) is 4.79 Å². The molecule has 1 N–H and O–H groups in total. The Morgan fingerprint density at radius 3 is 2.65 bits per heavy atom. The van der Waals surface area contributed by atoms with E-state index < -0.39 is 5.41 Å². The summed E-state index contributed by atoms with van der Waals surface area (Å²) in [5.74, 6) is 1.48. The third-order valence-electron chi connectivity index (χ3n) is 5.03. The van der Waals surface area contributed by atoms with Crippen molar-refractivity contribution in [2.45, 2.75) is 25.2 Å². The molecule has 2 heterocycles. The van der Waals surface area contributed by atoms with Gasteiger partial charge < -0.3 is 14.8 Å². The number of carbonyl (C=O) groups is 1. The maximum absolute atomic E-state index is 12.9. The number of nitrogens with one attached hydrogen (secondary N) is 1. The molecule has 5 nitrogen and oxygen atoms in total. The largest absolute Gasteiger partial charge is 0.486 e. The van der Waals surface area contributed by atoms with Crippen LogP contribution in [0.25, 0.3) is 10.2 Å². The third kappa shape index (κ3) is 2.52. The van der Waals surface area contributed by atoms with E-state index in [-0.39, 0.29) is 5.91 Å². The number of amides is 1. The molecule has 1 aliphatic carbocycles. The zero-order valence-electron chi connectivity index (χ0n) is 14.4. The van der Waals surface area contributed by atoms with Crippen LogP contribution in [0.3, 0.4) is 0 Å². The average molecular weight is 366 g/mol. The Morgan fingerprint density at radius 2 is 1.92 bits per heavy atom. The summed E-state index contributed by atoms with van der Waals surface area (Å²) in [6.45, 7) is 3.15. The minimum Gasteiger partial charge on any atom is -0.486 e. The molecule has 1 aromatic heterocycles. The fourth-order valence-electron chi connectivity index (χ4n) is 3.45. The fourth-order valence-corrected chi connectivity index (χ4v) is 4.32. The number of fused-ring (bicyclic) bond motifs is 2. The van der Waals surface area contributed by atoms with E-state index in [2.05, 4.69) is 29.4 Å². The van der Waals surface area contributed by atoms with Crippen molar-refractivity contribution < 1.29 is 14.3 Å². The Labute approximate surface area is 155 Å². The highest BCUT2D eigenvalue weighted by Crippen LogP contribution is 2.49. The molecular weight excluding hydrogens is 348 g/mol. The van der Waals surface area contributed by atoms with Crippen molar-refractivity contribution in [1.29, 1.82) is 0 Å². The number of aryl methyl sites for hydroxylation is 1. The van der Waals surface area contributed by atoms with Crippen LogP contribution in [0.4, 0.5) is 5.13 Å². The summed E-state index contributed by atoms with van der Waals surface area (Å²) in [6.07, 6.45) is 1.76. The van der Waals surface area contributed by atoms with E-state index in [0.29, 0.717) is 24.1 Å². The van der Waals surface area contributed by atoms with Gasteiger partial charge in [0.1, 0.15) is 13.2 Å². The number of anilines is 1. The Morgan fingerprint density at radius 1 is 1.15 bits per heavy atom. The first-order chi connectivity index (χ1) is 12.6. The predicted molar refractivity (Wildman–Crippen MR) is 101 cm³/mol. The highest BCUT2D eigenvalue weighted by molar-refractivity contribution is 7.22. The Balaban J connectivity index is 1.43. The summed E-state index contributed by atoms with van der Waals surface area (Å²) in [5.41, 5.74) is 2.67. The number of aromatic nitrogens is 1. The van der Waals surface area contributed by atoms with Gasteiger partial charge >= 0.3 is 0 Å². The number of carbonyl (C=O) groups excluding carboxylic acids is 1. The van der Waals surface area contributed by atoms with E-state index >= 15 is 0 Å². The Kier molecular flexibility index (Phi) is 3.43. The molecule has 1 saturated carbocycles. The maximum Gasteiger partial charge on any atom is 0.236 e. The van der Waals surface area contributed by atoms with Crippen LogP contribution < -0.4 is 14.8 Å². The molecule has 2 aliphatic rings. The quantitative estimate of drug-likeness (QED) is 0.760. The van der Waals surface area contributed by atoms with Crippen molar-refractivity contribution in [2.75, 3.05) is 18.5 Å². The summed E-state index contributed by atoms with van der Waals surface area (Å²) in [5, 5.41) is 3.65. The van der Waals surface area contributed by atoms with Crippen LogP contribution in [-0.2, 0) is 10.2 Å². The van der Waals surface area contributed by atoms with Gasteiger partial charge in [-0.25, -0.2) is 4.98 Å². The SMILES string of the molecule is Cc1cccc(C2(C(=O)Nc3nc4cc5c(cc4s3)OCCO5)CC2)c1. The molecule has 0 unspecified atom stereocenters. The van der Waals surface area contributed by atoms with Crippen molar-refractivity contribution in [3.63, 3.8) is 0 Å². The van der Waals surface area contributed by atoms with Crippen LogP contribution >= 0.6 is 11.3 Å². The molecule has 1 fully saturated rings. The molecule has 3 aromatic rings. The highest BCUT2D eigenvalue weighted by Gasteiger charge is 2.51. The zero-order chi connectivity index (χ0) is 17.7. The van der Waals surface area contributed by atoms with Crippen molar-refractivity contribution >= 4 is 32.6 Å². The lowest BCUT2D eigenvalue weighted by Crippen LogP contribution is -2.27. The molecule has 0 atom stereocenters. The van der Waals surface area contributed by atoms with Gasteiger partial charge in [-0.15, -0.1) is 0 Å². The predicted octanol–water partition coefficient (Wildman–Crippen LogP) is 4.05. The lowest BCUT2D eigenvalue weighted by Gasteiger charge is -2.17. The van der Waals surface area contributed by atoms with Crippen molar-refractivity contribution in [3.8, 4) is 11.5 Å². The Bertz CT molecular complexity index is 980. The van der Waals surface area contributed by atoms with Gasteiger partial charge in [-0.1, -0.05) is 41.2 Å². The van der Waals surface area contributed by atoms with Crippen LogP contribution in [0.15, 0.2) is 36.4 Å². The fraction of sp³-hybridized carbons (Fsp3) is 0.300. The second kappa shape index (κ2) is 5.71. The first-order valence-corrected chi connectivity index (χ1v) is 9.54. The monoisotopic (exact) mass is 366 g/mol. The van der Waals surface area contributed by atoms with Crippen LogP contribution in [0.2, 0.25) is 0 Å². The smallest absolute Gasteiger partial charge is 0.236 e. The van der Waals surface area contributed by atoms with E-state index in [1.54, 1.807) is 0 Å².